The van der Waals surface area contributed by atoms with Gasteiger partial charge in [0.1, 0.15) is 0 Å². The molecule has 0 aliphatic carbocycles. The average molecular weight is 260 g/mol. The molecule has 2 aromatic carbocycles. The molecule has 0 bridgehead atoms. The van der Waals surface area contributed by atoms with Gasteiger partial charge in [0.2, 0.25) is 0 Å². The van der Waals surface area contributed by atoms with Gasteiger partial charge < -0.3 is 0 Å². The predicted molar refractivity (Wildman–Crippen MR) is 89.6 cm³/mol. The first-order chi connectivity index (χ1) is 9.72. The van der Waals surface area contributed by atoms with E-state index in [0.29, 0.717) is 0 Å². The maximum Gasteiger partial charge on any atom is -0.0155 e. The van der Waals surface area contributed by atoms with Crippen LogP contribution in [0.5, 0.6) is 0 Å². The molecule has 0 saturated carbocycles. The van der Waals surface area contributed by atoms with Gasteiger partial charge in [0.15, 0.2) is 0 Å². The molecule has 0 saturated heterocycles. The Morgan fingerprint density at radius 2 is 1.70 bits per heavy atom. The highest BCUT2D eigenvalue weighted by Crippen LogP contribution is 2.26. The minimum atomic E-state index is 1.04. The zero-order valence-corrected chi connectivity index (χ0v) is 12.1. The third-order valence-corrected chi connectivity index (χ3v) is 3.29. The molecule has 0 spiro atoms. The summed E-state index contributed by atoms with van der Waals surface area (Å²) in [6, 6.07) is 17.0. The van der Waals surface area contributed by atoms with Gasteiger partial charge in [-0.1, -0.05) is 73.3 Å². The van der Waals surface area contributed by atoms with Crippen LogP contribution in [-0.4, -0.2) is 0 Å². The van der Waals surface area contributed by atoms with Crippen molar-refractivity contribution in [2.45, 2.75) is 13.8 Å². The molecular weight excluding hydrogens is 240 g/mol. The maximum atomic E-state index is 4.17. The Morgan fingerprint density at radius 3 is 2.40 bits per heavy atom. The van der Waals surface area contributed by atoms with E-state index in [1.54, 1.807) is 0 Å². The highest BCUT2D eigenvalue weighted by atomic mass is 14.1. The van der Waals surface area contributed by atoms with Crippen LogP contribution >= 0.6 is 0 Å². The molecule has 0 nitrogen and oxygen atoms in total. The maximum absolute atomic E-state index is 4.17. The van der Waals surface area contributed by atoms with Crippen molar-refractivity contribution in [1.29, 1.82) is 0 Å². The molecule has 0 atom stereocenters. The van der Waals surface area contributed by atoms with Crippen LogP contribution in [0.25, 0.3) is 16.7 Å². The van der Waals surface area contributed by atoms with E-state index >= 15 is 0 Å². The SMILES string of the molecule is C=C(C=CC=CC)c1cc(-c2ccccc2)ccc1C. The van der Waals surface area contributed by atoms with E-state index < -0.39 is 0 Å². The fourth-order valence-electron chi connectivity index (χ4n) is 2.15. The van der Waals surface area contributed by atoms with E-state index in [0.717, 1.165) is 5.57 Å². The second-order valence-corrected chi connectivity index (χ2v) is 4.81. The summed E-state index contributed by atoms with van der Waals surface area (Å²) in [6.07, 6.45) is 8.10. The monoisotopic (exact) mass is 260 g/mol. The summed E-state index contributed by atoms with van der Waals surface area (Å²) in [7, 11) is 0. The van der Waals surface area contributed by atoms with Crippen LogP contribution in [0.4, 0.5) is 0 Å². The number of hydrogen-bond acceptors (Lipinski definition) is 0. The van der Waals surface area contributed by atoms with Crippen molar-refractivity contribution >= 4 is 5.57 Å². The van der Waals surface area contributed by atoms with Gasteiger partial charge in [0.05, 0.1) is 0 Å². The molecular formula is C20H20. The minimum absolute atomic E-state index is 1.04. The summed E-state index contributed by atoms with van der Waals surface area (Å²) in [5.74, 6) is 0. The highest BCUT2D eigenvalue weighted by Gasteiger charge is 2.03. The van der Waals surface area contributed by atoms with Crippen molar-refractivity contribution in [3.05, 3.63) is 90.5 Å². The lowest BCUT2D eigenvalue weighted by Crippen LogP contribution is -1.87. The lowest BCUT2D eigenvalue weighted by atomic mass is 9.95. The van der Waals surface area contributed by atoms with E-state index in [9.17, 15) is 0 Å². The number of benzene rings is 2. The lowest BCUT2D eigenvalue weighted by Gasteiger charge is -2.09. The molecule has 2 rings (SSSR count). The van der Waals surface area contributed by atoms with Crippen LogP contribution in [0.15, 0.2) is 79.4 Å². The van der Waals surface area contributed by atoms with Crippen molar-refractivity contribution in [1.82, 2.24) is 0 Å². The molecule has 20 heavy (non-hydrogen) atoms. The smallest absolute Gasteiger partial charge is 0.0155 e. The van der Waals surface area contributed by atoms with Gasteiger partial charge in [-0.2, -0.15) is 0 Å². The Labute approximate surface area is 121 Å². The van der Waals surface area contributed by atoms with E-state index in [-0.39, 0.29) is 0 Å². The van der Waals surface area contributed by atoms with Gasteiger partial charge in [0.25, 0.3) is 0 Å². The summed E-state index contributed by atoms with van der Waals surface area (Å²) in [6.45, 7) is 8.30. The molecule has 0 heteroatoms. The molecule has 0 N–H and O–H groups in total. The Kier molecular flexibility index (Phi) is 4.73. The van der Waals surface area contributed by atoms with E-state index in [4.69, 9.17) is 0 Å². The van der Waals surface area contributed by atoms with Gasteiger partial charge in [-0.3, -0.25) is 0 Å². The highest BCUT2D eigenvalue weighted by molar-refractivity contribution is 5.78. The number of rotatable bonds is 4. The summed E-state index contributed by atoms with van der Waals surface area (Å²) in [5, 5.41) is 0. The lowest BCUT2D eigenvalue weighted by molar-refractivity contribution is 1.43. The fraction of sp³-hybridized carbons (Fsp3) is 0.100. The molecule has 0 unspecified atom stereocenters. The molecule has 0 aliphatic heterocycles. The first-order valence-electron chi connectivity index (χ1n) is 6.87. The van der Waals surface area contributed by atoms with Crippen LogP contribution in [0, 0.1) is 6.92 Å². The van der Waals surface area contributed by atoms with Crippen LogP contribution in [0.2, 0.25) is 0 Å². The summed E-state index contributed by atoms with van der Waals surface area (Å²) in [4.78, 5) is 0. The second kappa shape index (κ2) is 6.72. The largest absolute Gasteiger partial charge is 0.0911 e. The molecule has 0 radical (unpaired) electrons. The number of hydrogen-bond donors (Lipinski definition) is 0. The summed E-state index contributed by atoms with van der Waals surface area (Å²) < 4.78 is 0. The topological polar surface area (TPSA) is 0 Å². The summed E-state index contributed by atoms with van der Waals surface area (Å²) >= 11 is 0. The zero-order valence-electron chi connectivity index (χ0n) is 12.1. The first-order valence-corrected chi connectivity index (χ1v) is 6.87. The van der Waals surface area contributed by atoms with Crippen LogP contribution < -0.4 is 0 Å². The normalized spacial score (nSPS) is 11.3. The number of allylic oxidation sites excluding steroid dienone is 5. The van der Waals surface area contributed by atoms with Gasteiger partial charge in [-0.05, 0) is 47.7 Å². The van der Waals surface area contributed by atoms with Crippen molar-refractivity contribution in [2.24, 2.45) is 0 Å². The fourth-order valence-corrected chi connectivity index (χ4v) is 2.15. The summed E-state index contributed by atoms with van der Waals surface area (Å²) in [5.41, 5.74) is 5.95. The Bertz CT molecular complexity index is 643. The van der Waals surface area contributed by atoms with Crippen LogP contribution in [0.1, 0.15) is 18.1 Å². The molecule has 2 aromatic rings. The van der Waals surface area contributed by atoms with Crippen molar-refractivity contribution < 1.29 is 0 Å². The van der Waals surface area contributed by atoms with Crippen molar-refractivity contribution in [3.63, 3.8) is 0 Å². The standard InChI is InChI=1S/C20H20/c1-4-5-7-10-16(2)20-15-19(14-13-17(20)3)18-11-8-6-9-12-18/h4-15H,2H2,1,3H3. The van der Waals surface area contributed by atoms with Gasteiger partial charge in [0, 0.05) is 0 Å². The molecule has 0 aromatic heterocycles. The van der Waals surface area contributed by atoms with Crippen molar-refractivity contribution in [3.8, 4) is 11.1 Å². The minimum Gasteiger partial charge on any atom is -0.0911 e. The number of aryl methyl sites for hydroxylation is 1. The Hall–Kier alpha value is -2.34. The first kappa shape index (κ1) is 14.1. The molecule has 0 fully saturated rings. The van der Waals surface area contributed by atoms with E-state index in [1.165, 1.54) is 22.3 Å². The van der Waals surface area contributed by atoms with Crippen molar-refractivity contribution in [2.75, 3.05) is 0 Å². The zero-order chi connectivity index (χ0) is 14.4. The third kappa shape index (κ3) is 3.36. The molecule has 0 aliphatic rings. The van der Waals surface area contributed by atoms with Gasteiger partial charge in [-0.15, -0.1) is 0 Å². The quantitative estimate of drug-likeness (QED) is 0.609. The van der Waals surface area contributed by atoms with E-state index in [2.05, 4.69) is 62.0 Å². The molecule has 100 valence electrons. The third-order valence-electron chi connectivity index (χ3n) is 3.29. The predicted octanol–water partition coefficient (Wildman–Crippen LogP) is 5.81. The Balaban J connectivity index is 2.37. The van der Waals surface area contributed by atoms with Gasteiger partial charge in [-0.25, -0.2) is 0 Å². The van der Waals surface area contributed by atoms with Crippen LogP contribution in [-0.2, 0) is 0 Å². The van der Waals surface area contributed by atoms with Gasteiger partial charge >= 0.3 is 0 Å². The Morgan fingerprint density at radius 1 is 0.950 bits per heavy atom. The van der Waals surface area contributed by atoms with Crippen LogP contribution in [0.3, 0.4) is 0 Å². The molecule has 0 amide bonds. The second-order valence-electron chi connectivity index (χ2n) is 4.81. The van der Waals surface area contributed by atoms with E-state index in [1.807, 2.05) is 31.2 Å². The average Bonchev–Trinajstić information content (AvgIpc) is 2.49. The molecule has 0 heterocycles.